The van der Waals surface area contributed by atoms with Gasteiger partial charge in [0.25, 0.3) is 10.0 Å². The highest BCUT2D eigenvalue weighted by Crippen LogP contribution is 2.26. The molecule has 0 aliphatic carbocycles. The van der Waals surface area contributed by atoms with E-state index in [4.69, 9.17) is 4.74 Å². The molecule has 7 nitrogen and oxygen atoms in total. The molecule has 2 aromatic heterocycles. The minimum absolute atomic E-state index is 0.0618. The van der Waals surface area contributed by atoms with Crippen LogP contribution in [0, 0.1) is 0 Å². The zero-order chi connectivity index (χ0) is 20.1. The topological polar surface area (TPSA) is 94.1 Å². The molecule has 144 valence electrons. The molecule has 0 aliphatic heterocycles. The second-order valence-corrected chi connectivity index (χ2v) is 7.67. The lowest BCUT2D eigenvalue weighted by molar-refractivity contribution is 0.463. The third-order valence-electron chi connectivity index (χ3n) is 3.92. The summed E-state index contributed by atoms with van der Waals surface area (Å²) in [6.07, 6.45) is 2.81. The van der Waals surface area contributed by atoms with Crippen molar-refractivity contribution in [2.45, 2.75) is 4.90 Å². The molecular weight excluding hydrogens is 388 g/mol. The van der Waals surface area contributed by atoms with E-state index in [2.05, 4.69) is 19.7 Å². The first-order valence-electron chi connectivity index (χ1n) is 8.70. The monoisotopic (exact) mass is 404 g/mol. The minimum Gasteiger partial charge on any atom is -0.439 e. The van der Waals surface area contributed by atoms with Gasteiger partial charge < -0.3 is 4.74 Å². The minimum atomic E-state index is -3.87. The number of anilines is 1. The number of hydrogen-bond acceptors (Lipinski definition) is 6. The van der Waals surface area contributed by atoms with Crippen LogP contribution in [0.1, 0.15) is 0 Å². The predicted molar refractivity (Wildman–Crippen MR) is 109 cm³/mol. The molecule has 0 fully saturated rings. The molecule has 0 radical (unpaired) electrons. The van der Waals surface area contributed by atoms with Crippen molar-refractivity contribution in [1.82, 2.24) is 15.0 Å². The van der Waals surface area contributed by atoms with Gasteiger partial charge in [0.1, 0.15) is 5.75 Å². The largest absolute Gasteiger partial charge is 0.439 e. The molecule has 4 aromatic rings. The highest BCUT2D eigenvalue weighted by atomic mass is 32.2. The Kier molecular flexibility index (Phi) is 5.17. The Bertz CT molecular complexity index is 1200. The molecule has 8 heteroatoms. The molecule has 0 aliphatic rings. The number of rotatable bonds is 6. The van der Waals surface area contributed by atoms with Gasteiger partial charge in [-0.1, -0.05) is 48.5 Å². The summed E-state index contributed by atoms with van der Waals surface area (Å²) in [4.78, 5) is 12.5. The Balaban J connectivity index is 1.73. The van der Waals surface area contributed by atoms with Gasteiger partial charge in [0.15, 0.2) is 0 Å². The maximum Gasteiger partial charge on any atom is 0.264 e. The molecule has 1 N–H and O–H groups in total. The van der Waals surface area contributed by atoms with E-state index in [1.165, 1.54) is 24.5 Å². The Labute approximate surface area is 168 Å². The number of hydrogen-bond donors (Lipinski definition) is 1. The SMILES string of the molecule is O=S(=O)(Nc1nc(Oc2ccccc2)cc(-c2ccccc2)n1)c1ccncc1. The summed E-state index contributed by atoms with van der Waals surface area (Å²) < 4.78 is 33.5. The number of aromatic nitrogens is 3. The molecular formula is C21H16N4O3S. The summed E-state index contributed by atoms with van der Waals surface area (Å²) in [6, 6.07) is 22.9. The quantitative estimate of drug-likeness (QED) is 0.519. The summed E-state index contributed by atoms with van der Waals surface area (Å²) in [5.74, 6) is 0.708. The summed E-state index contributed by atoms with van der Waals surface area (Å²) in [5, 5.41) is 0. The van der Waals surface area contributed by atoms with Crippen LogP contribution >= 0.6 is 0 Å². The summed E-state index contributed by atoms with van der Waals surface area (Å²) >= 11 is 0. The van der Waals surface area contributed by atoms with Crippen LogP contribution in [0.3, 0.4) is 0 Å². The average Bonchev–Trinajstić information content (AvgIpc) is 2.75. The van der Waals surface area contributed by atoms with Crippen molar-refractivity contribution in [2.24, 2.45) is 0 Å². The van der Waals surface area contributed by atoms with E-state index in [9.17, 15) is 8.42 Å². The Morgan fingerprint density at radius 3 is 2.14 bits per heavy atom. The molecule has 2 heterocycles. The first kappa shape index (κ1) is 18.6. The maximum absolute atomic E-state index is 12.7. The molecule has 4 rings (SSSR count). The van der Waals surface area contributed by atoms with Gasteiger partial charge in [-0.3, -0.25) is 4.98 Å². The molecule has 2 aromatic carbocycles. The number of nitrogens with one attached hydrogen (secondary N) is 1. The van der Waals surface area contributed by atoms with E-state index in [-0.39, 0.29) is 16.7 Å². The lowest BCUT2D eigenvalue weighted by atomic mass is 10.1. The first-order valence-corrected chi connectivity index (χ1v) is 10.2. The smallest absolute Gasteiger partial charge is 0.264 e. The number of nitrogens with zero attached hydrogens (tertiary/aromatic N) is 3. The molecule has 0 unspecified atom stereocenters. The van der Waals surface area contributed by atoms with Gasteiger partial charge in [0, 0.05) is 24.0 Å². The Morgan fingerprint density at radius 1 is 0.793 bits per heavy atom. The van der Waals surface area contributed by atoms with Gasteiger partial charge in [-0.15, -0.1) is 0 Å². The van der Waals surface area contributed by atoms with E-state index >= 15 is 0 Å². The van der Waals surface area contributed by atoms with Crippen molar-refractivity contribution in [1.29, 1.82) is 0 Å². The maximum atomic E-state index is 12.7. The first-order chi connectivity index (χ1) is 14.1. The molecule has 0 amide bonds. The third kappa shape index (κ3) is 4.56. The number of para-hydroxylation sites is 1. The van der Waals surface area contributed by atoms with Crippen LogP contribution in [-0.2, 0) is 10.0 Å². The van der Waals surface area contributed by atoms with E-state index < -0.39 is 10.0 Å². The van der Waals surface area contributed by atoms with Gasteiger partial charge in [0.05, 0.1) is 10.6 Å². The fraction of sp³-hybridized carbons (Fsp3) is 0. The zero-order valence-corrected chi connectivity index (χ0v) is 16.0. The van der Waals surface area contributed by atoms with Crippen LogP contribution in [0.4, 0.5) is 5.95 Å². The number of benzene rings is 2. The summed E-state index contributed by atoms with van der Waals surface area (Å²) in [5.41, 5.74) is 1.33. The van der Waals surface area contributed by atoms with Crippen LogP contribution < -0.4 is 9.46 Å². The molecule has 0 saturated carbocycles. The lowest BCUT2D eigenvalue weighted by Gasteiger charge is -2.11. The highest BCUT2D eigenvalue weighted by Gasteiger charge is 2.17. The van der Waals surface area contributed by atoms with E-state index in [1.807, 2.05) is 48.5 Å². The third-order valence-corrected chi connectivity index (χ3v) is 5.27. The van der Waals surface area contributed by atoms with Crippen LogP contribution in [0.15, 0.2) is 96.2 Å². The molecule has 0 spiro atoms. The van der Waals surface area contributed by atoms with Crippen molar-refractivity contribution in [3.63, 3.8) is 0 Å². The molecule has 0 saturated heterocycles. The predicted octanol–water partition coefficient (Wildman–Crippen LogP) is 4.13. The van der Waals surface area contributed by atoms with Gasteiger partial charge >= 0.3 is 0 Å². The number of pyridine rings is 1. The highest BCUT2D eigenvalue weighted by molar-refractivity contribution is 7.92. The van der Waals surface area contributed by atoms with Crippen LogP contribution in [0.2, 0.25) is 0 Å². The molecule has 29 heavy (non-hydrogen) atoms. The van der Waals surface area contributed by atoms with Crippen molar-refractivity contribution in [3.8, 4) is 22.9 Å². The van der Waals surface area contributed by atoms with Crippen LogP contribution in [0.25, 0.3) is 11.3 Å². The Hall–Kier alpha value is -3.78. The van der Waals surface area contributed by atoms with Crippen molar-refractivity contribution < 1.29 is 13.2 Å². The normalized spacial score (nSPS) is 11.0. The van der Waals surface area contributed by atoms with Crippen LogP contribution in [-0.4, -0.2) is 23.4 Å². The van der Waals surface area contributed by atoms with Crippen LogP contribution in [0.5, 0.6) is 11.6 Å². The van der Waals surface area contributed by atoms with Crippen molar-refractivity contribution in [2.75, 3.05) is 4.72 Å². The second-order valence-electron chi connectivity index (χ2n) is 5.98. The summed E-state index contributed by atoms with van der Waals surface area (Å²) in [7, 11) is -3.87. The van der Waals surface area contributed by atoms with E-state index in [0.717, 1.165) is 5.56 Å². The van der Waals surface area contributed by atoms with Gasteiger partial charge in [-0.25, -0.2) is 18.1 Å². The van der Waals surface area contributed by atoms with Crippen molar-refractivity contribution in [3.05, 3.63) is 91.3 Å². The van der Waals surface area contributed by atoms with E-state index in [1.54, 1.807) is 18.2 Å². The van der Waals surface area contributed by atoms with Gasteiger partial charge in [-0.05, 0) is 24.3 Å². The standard InChI is InChI=1S/C21H16N4O3S/c26-29(27,18-11-13-22-14-12-18)25-21-23-19(16-7-3-1-4-8-16)15-20(24-21)28-17-9-5-2-6-10-17/h1-15H,(H,23,24,25). The number of sulfonamides is 1. The average molecular weight is 404 g/mol. The second kappa shape index (κ2) is 8.07. The zero-order valence-electron chi connectivity index (χ0n) is 15.1. The lowest BCUT2D eigenvalue weighted by Crippen LogP contribution is -2.15. The number of ether oxygens (including phenoxy) is 1. The molecule has 0 bridgehead atoms. The van der Waals surface area contributed by atoms with Crippen molar-refractivity contribution >= 4 is 16.0 Å². The van der Waals surface area contributed by atoms with E-state index in [0.29, 0.717) is 11.4 Å². The van der Waals surface area contributed by atoms with Gasteiger partial charge in [0.2, 0.25) is 11.8 Å². The fourth-order valence-corrected chi connectivity index (χ4v) is 3.51. The van der Waals surface area contributed by atoms with Gasteiger partial charge in [-0.2, -0.15) is 4.98 Å². The molecule has 0 atom stereocenters. The Morgan fingerprint density at radius 2 is 1.45 bits per heavy atom. The summed E-state index contributed by atoms with van der Waals surface area (Å²) in [6.45, 7) is 0. The fourth-order valence-electron chi connectivity index (χ4n) is 2.59.